The summed E-state index contributed by atoms with van der Waals surface area (Å²) in [4.78, 5) is 18.7. The zero-order valence-corrected chi connectivity index (χ0v) is 15.4. The predicted octanol–water partition coefficient (Wildman–Crippen LogP) is 2.99. The minimum absolute atomic E-state index is 0.633. The lowest BCUT2D eigenvalue weighted by Crippen LogP contribution is -2.38. The number of imidazole rings is 1. The van der Waals surface area contributed by atoms with E-state index in [0.717, 1.165) is 34.3 Å². The van der Waals surface area contributed by atoms with Gasteiger partial charge in [-0.1, -0.05) is 36.4 Å². The van der Waals surface area contributed by atoms with E-state index in [4.69, 9.17) is 0 Å². The van der Waals surface area contributed by atoms with Crippen LogP contribution in [0.3, 0.4) is 0 Å². The van der Waals surface area contributed by atoms with Crippen LogP contribution in [-0.2, 0) is 13.1 Å². The summed E-state index contributed by atoms with van der Waals surface area (Å²) in [6.07, 6.45) is 3.68. The zero-order valence-electron chi connectivity index (χ0n) is 15.4. The zero-order chi connectivity index (χ0) is 18.4. The summed E-state index contributed by atoms with van der Waals surface area (Å²) >= 11 is 0. The molecular weight excluding hydrogens is 324 g/mol. The Labute approximate surface area is 154 Å². The number of hydrogen-bond donors (Lipinski definition) is 2. The van der Waals surface area contributed by atoms with Crippen LogP contribution in [0.15, 0.2) is 59.9 Å². The van der Waals surface area contributed by atoms with Gasteiger partial charge in [0.1, 0.15) is 5.82 Å². The molecule has 0 aliphatic heterocycles. The molecule has 0 spiro atoms. The van der Waals surface area contributed by atoms with Gasteiger partial charge in [-0.2, -0.15) is 0 Å². The number of aromatic nitrogens is 3. The Bertz CT molecular complexity index is 869. The topological polar surface area (TPSA) is 69.2 Å². The van der Waals surface area contributed by atoms with Gasteiger partial charge in [-0.15, -0.1) is 0 Å². The second-order valence-corrected chi connectivity index (χ2v) is 6.13. The summed E-state index contributed by atoms with van der Waals surface area (Å²) in [5.74, 6) is 1.69. The van der Waals surface area contributed by atoms with Gasteiger partial charge in [-0.25, -0.2) is 4.98 Å². The summed E-state index contributed by atoms with van der Waals surface area (Å²) in [6.45, 7) is 3.33. The van der Waals surface area contributed by atoms with E-state index in [0.29, 0.717) is 13.1 Å². The largest absolute Gasteiger partial charge is 0.351 e. The number of hydrogen-bond acceptors (Lipinski definition) is 3. The Morgan fingerprint density at radius 2 is 1.96 bits per heavy atom. The average Bonchev–Trinajstić information content (AvgIpc) is 3.13. The maximum absolute atomic E-state index is 4.49. The number of aryl methyl sites for hydroxylation is 1. The van der Waals surface area contributed by atoms with Crippen molar-refractivity contribution in [3.63, 3.8) is 0 Å². The fourth-order valence-corrected chi connectivity index (χ4v) is 2.76. The van der Waals surface area contributed by atoms with Gasteiger partial charge in [0.2, 0.25) is 0 Å². The van der Waals surface area contributed by atoms with Gasteiger partial charge < -0.3 is 15.2 Å². The van der Waals surface area contributed by atoms with Gasteiger partial charge in [0.25, 0.3) is 0 Å². The molecule has 0 fully saturated rings. The summed E-state index contributed by atoms with van der Waals surface area (Å²) in [5, 5.41) is 3.36. The number of pyridine rings is 1. The van der Waals surface area contributed by atoms with Crippen molar-refractivity contribution in [2.75, 3.05) is 14.1 Å². The third kappa shape index (κ3) is 4.27. The van der Waals surface area contributed by atoms with Gasteiger partial charge in [-0.05, 0) is 24.1 Å². The first-order valence-corrected chi connectivity index (χ1v) is 8.59. The number of H-pyrrole nitrogens is 1. The molecule has 0 unspecified atom stereocenters. The van der Waals surface area contributed by atoms with E-state index in [-0.39, 0.29) is 0 Å². The third-order valence-corrected chi connectivity index (χ3v) is 4.21. The van der Waals surface area contributed by atoms with Crippen LogP contribution in [0.1, 0.15) is 17.1 Å². The smallest absolute Gasteiger partial charge is 0.194 e. The molecule has 3 rings (SSSR count). The summed E-state index contributed by atoms with van der Waals surface area (Å²) < 4.78 is 0. The number of guanidine groups is 1. The van der Waals surface area contributed by atoms with Crippen LogP contribution < -0.4 is 5.32 Å². The molecule has 1 aromatic carbocycles. The fraction of sp³-hybridized carbons (Fsp3) is 0.250. The molecule has 6 heteroatoms. The molecule has 134 valence electrons. The molecule has 6 nitrogen and oxygen atoms in total. The van der Waals surface area contributed by atoms with Crippen molar-refractivity contribution in [2.24, 2.45) is 4.99 Å². The van der Waals surface area contributed by atoms with Gasteiger partial charge in [0, 0.05) is 20.3 Å². The van der Waals surface area contributed by atoms with Crippen molar-refractivity contribution >= 4 is 5.96 Å². The van der Waals surface area contributed by atoms with Crippen molar-refractivity contribution in [2.45, 2.75) is 20.0 Å². The summed E-state index contributed by atoms with van der Waals surface area (Å²) in [6, 6.07) is 14.2. The lowest BCUT2D eigenvalue weighted by atomic mass is 10.2. The Morgan fingerprint density at radius 1 is 1.15 bits per heavy atom. The van der Waals surface area contributed by atoms with Crippen LogP contribution in [0.25, 0.3) is 11.3 Å². The minimum Gasteiger partial charge on any atom is -0.351 e. The van der Waals surface area contributed by atoms with Crippen molar-refractivity contribution in [1.82, 2.24) is 25.2 Å². The normalized spacial score (nSPS) is 11.4. The van der Waals surface area contributed by atoms with E-state index in [2.05, 4.69) is 50.4 Å². The Balaban J connectivity index is 1.62. The maximum atomic E-state index is 4.49. The first-order valence-electron chi connectivity index (χ1n) is 8.59. The molecule has 0 atom stereocenters. The van der Waals surface area contributed by atoms with E-state index >= 15 is 0 Å². The molecule has 3 aromatic rings. The number of aliphatic imine (C=N–C) groups is 1. The summed E-state index contributed by atoms with van der Waals surface area (Å²) in [7, 11) is 3.77. The molecule has 0 saturated carbocycles. The molecule has 0 aliphatic rings. The van der Waals surface area contributed by atoms with E-state index < -0.39 is 0 Å². The lowest BCUT2D eigenvalue weighted by molar-refractivity contribution is 0.463. The highest BCUT2D eigenvalue weighted by Gasteiger charge is 2.10. The van der Waals surface area contributed by atoms with Crippen LogP contribution in [0.2, 0.25) is 0 Å². The highest BCUT2D eigenvalue weighted by molar-refractivity contribution is 5.79. The van der Waals surface area contributed by atoms with Gasteiger partial charge >= 0.3 is 0 Å². The number of aromatic amines is 1. The van der Waals surface area contributed by atoms with Crippen molar-refractivity contribution < 1.29 is 0 Å². The predicted molar refractivity (Wildman–Crippen MR) is 105 cm³/mol. The summed E-state index contributed by atoms with van der Waals surface area (Å²) in [5.41, 5.74) is 4.33. The van der Waals surface area contributed by atoms with E-state index in [1.54, 1.807) is 7.05 Å². The lowest BCUT2D eigenvalue weighted by Gasteiger charge is -2.21. The number of benzene rings is 1. The molecule has 2 heterocycles. The Hall–Kier alpha value is -3.15. The van der Waals surface area contributed by atoms with Gasteiger partial charge in [-0.3, -0.25) is 9.98 Å². The second kappa shape index (κ2) is 8.29. The molecule has 0 aliphatic carbocycles. The Morgan fingerprint density at radius 3 is 2.69 bits per heavy atom. The monoisotopic (exact) mass is 348 g/mol. The van der Waals surface area contributed by atoms with Gasteiger partial charge in [0.15, 0.2) is 5.96 Å². The number of nitrogens with zero attached hydrogens (tertiary/aromatic N) is 4. The number of rotatable bonds is 5. The van der Waals surface area contributed by atoms with Crippen molar-refractivity contribution in [1.29, 1.82) is 0 Å². The van der Waals surface area contributed by atoms with E-state index in [1.165, 1.54) is 0 Å². The highest BCUT2D eigenvalue weighted by atomic mass is 15.3. The highest BCUT2D eigenvalue weighted by Crippen LogP contribution is 2.16. The van der Waals surface area contributed by atoms with Crippen LogP contribution >= 0.6 is 0 Å². The van der Waals surface area contributed by atoms with Crippen LogP contribution in [0.4, 0.5) is 0 Å². The quantitative estimate of drug-likeness (QED) is 0.549. The average molecular weight is 348 g/mol. The molecule has 0 amide bonds. The molecular formula is C20H24N6. The van der Waals surface area contributed by atoms with Crippen LogP contribution in [0, 0.1) is 6.92 Å². The first kappa shape index (κ1) is 17.7. The van der Waals surface area contributed by atoms with E-state index in [1.807, 2.05) is 48.6 Å². The molecule has 0 radical (unpaired) electrons. The number of nitrogens with one attached hydrogen (secondary N) is 2. The molecule has 0 saturated heterocycles. The standard InChI is InChI=1S/C20H24N6/c1-15-8-7-11-22-17(15)12-24-20(21-2)26(3)14-19-23-13-18(25-19)16-9-5-4-6-10-16/h4-11,13H,12,14H2,1-3H3,(H,21,24)(H,23,25). The van der Waals surface area contributed by atoms with Gasteiger partial charge in [0.05, 0.1) is 30.7 Å². The maximum Gasteiger partial charge on any atom is 0.194 e. The van der Waals surface area contributed by atoms with Crippen molar-refractivity contribution in [3.8, 4) is 11.3 Å². The molecule has 0 bridgehead atoms. The van der Waals surface area contributed by atoms with E-state index in [9.17, 15) is 0 Å². The minimum atomic E-state index is 0.633. The first-order chi connectivity index (χ1) is 12.7. The van der Waals surface area contributed by atoms with Crippen LogP contribution in [0.5, 0.6) is 0 Å². The fourth-order valence-electron chi connectivity index (χ4n) is 2.76. The molecule has 2 N–H and O–H groups in total. The third-order valence-electron chi connectivity index (χ3n) is 4.21. The molecule has 2 aromatic heterocycles. The second-order valence-electron chi connectivity index (χ2n) is 6.13. The van der Waals surface area contributed by atoms with Crippen LogP contribution in [-0.4, -0.2) is 39.9 Å². The molecule has 26 heavy (non-hydrogen) atoms. The SMILES string of the molecule is CN=C(NCc1ncccc1C)N(C)Cc1ncc(-c2ccccc2)[nH]1. The Kier molecular flexibility index (Phi) is 5.63. The van der Waals surface area contributed by atoms with Crippen molar-refractivity contribution in [3.05, 3.63) is 71.9 Å².